The van der Waals surface area contributed by atoms with E-state index >= 15 is 0 Å². The Bertz CT molecular complexity index is 475. The average Bonchev–Trinajstić information content (AvgIpc) is 2.37. The number of carbonyl (C=O) groups excluding carboxylic acids is 2. The first-order valence-corrected chi connectivity index (χ1v) is 4.96. The Morgan fingerprint density at radius 1 is 1.53 bits per heavy atom. The molecule has 0 aromatic heterocycles. The van der Waals surface area contributed by atoms with E-state index in [1.54, 1.807) is 18.2 Å². The van der Waals surface area contributed by atoms with Crippen LogP contribution in [0.2, 0.25) is 0 Å². The van der Waals surface area contributed by atoms with Gasteiger partial charge in [0.15, 0.2) is 6.61 Å². The molecule has 1 heterocycles. The molecule has 0 saturated carbocycles. The number of hydrogen-bond donors (Lipinski definition) is 3. The van der Waals surface area contributed by atoms with Crippen LogP contribution in [0.3, 0.4) is 0 Å². The van der Waals surface area contributed by atoms with Crippen molar-refractivity contribution in [2.45, 2.75) is 6.54 Å². The highest BCUT2D eigenvalue weighted by atomic mass is 16.5. The van der Waals surface area contributed by atoms with Gasteiger partial charge in [0.25, 0.3) is 5.91 Å². The van der Waals surface area contributed by atoms with E-state index in [2.05, 4.69) is 0 Å². The summed E-state index contributed by atoms with van der Waals surface area (Å²) in [6.45, 7) is 0.113. The average molecular weight is 236 g/mol. The molecule has 1 aliphatic rings. The lowest BCUT2D eigenvalue weighted by molar-refractivity contribution is -0.120. The maximum Gasteiger partial charge on any atom is 0.343 e. The van der Waals surface area contributed by atoms with Crippen LogP contribution in [0.5, 0.6) is 5.75 Å². The van der Waals surface area contributed by atoms with Crippen LogP contribution in [-0.4, -0.2) is 18.5 Å². The highest BCUT2D eigenvalue weighted by molar-refractivity contribution is 6.16. The molecule has 0 radical (unpaired) electrons. The van der Waals surface area contributed by atoms with Crippen molar-refractivity contribution in [3.8, 4) is 5.75 Å². The summed E-state index contributed by atoms with van der Waals surface area (Å²) in [4.78, 5) is 24.1. The van der Waals surface area contributed by atoms with Crippen molar-refractivity contribution < 1.29 is 14.3 Å². The van der Waals surface area contributed by atoms with Crippen LogP contribution in [0.15, 0.2) is 18.2 Å². The monoisotopic (exact) mass is 236 g/mol. The zero-order valence-corrected chi connectivity index (χ0v) is 8.97. The van der Waals surface area contributed by atoms with E-state index in [1.807, 2.05) is 5.43 Å². The molecular weight excluding hydrogens is 224 g/mol. The summed E-state index contributed by atoms with van der Waals surface area (Å²) in [5.74, 6) is 5.01. The van der Waals surface area contributed by atoms with Gasteiger partial charge in [-0.25, -0.2) is 15.5 Å². The number of imide groups is 1. The maximum atomic E-state index is 11.6. The Kier molecular flexibility index (Phi) is 2.94. The Hall–Kier alpha value is -2.12. The van der Waals surface area contributed by atoms with E-state index in [9.17, 15) is 9.59 Å². The molecular formula is C10H12N4O3. The molecule has 0 unspecified atom stereocenters. The highest BCUT2D eigenvalue weighted by Crippen LogP contribution is 2.32. The molecule has 0 aliphatic carbocycles. The van der Waals surface area contributed by atoms with Crippen LogP contribution in [0.4, 0.5) is 10.5 Å². The van der Waals surface area contributed by atoms with Crippen LogP contribution in [-0.2, 0) is 11.3 Å². The van der Waals surface area contributed by atoms with Gasteiger partial charge >= 0.3 is 6.03 Å². The van der Waals surface area contributed by atoms with Crippen molar-refractivity contribution in [3.05, 3.63) is 23.8 Å². The largest absolute Gasteiger partial charge is 0.482 e. The molecule has 90 valence electrons. The fourth-order valence-corrected chi connectivity index (χ4v) is 1.61. The minimum atomic E-state index is -0.700. The van der Waals surface area contributed by atoms with Gasteiger partial charge in [0.1, 0.15) is 5.75 Å². The molecule has 0 atom stereocenters. The number of fused-ring (bicyclic) bond motifs is 1. The summed E-state index contributed by atoms with van der Waals surface area (Å²) in [5, 5.41) is 0. The van der Waals surface area contributed by atoms with Crippen molar-refractivity contribution in [2.24, 2.45) is 11.6 Å². The second-order valence-corrected chi connectivity index (χ2v) is 3.47. The summed E-state index contributed by atoms with van der Waals surface area (Å²) < 4.78 is 5.21. The molecule has 1 aliphatic heterocycles. The number of rotatable bonds is 1. The van der Waals surface area contributed by atoms with Gasteiger partial charge in [-0.1, -0.05) is 6.07 Å². The second-order valence-electron chi connectivity index (χ2n) is 3.47. The quantitative estimate of drug-likeness (QED) is 0.344. The molecule has 17 heavy (non-hydrogen) atoms. The fraction of sp³-hybridized carbons (Fsp3) is 0.200. The summed E-state index contributed by atoms with van der Waals surface area (Å²) in [6, 6.07) is 4.36. The Balaban J connectivity index is 2.48. The van der Waals surface area contributed by atoms with Crippen LogP contribution in [0, 0.1) is 0 Å². The Morgan fingerprint density at radius 3 is 2.94 bits per heavy atom. The first kappa shape index (κ1) is 11.4. The molecule has 0 saturated heterocycles. The number of nitrogens with two attached hydrogens (primary N) is 2. The van der Waals surface area contributed by atoms with Crippen molar-refractivity contribution in [1.82, 2.24) is 5.43 Å². The highest BCUT2D eigenvalue weighted by Gasteiger charge is 2.30. The Labute approximate surface area is 97.3 Å². The normalized spacial score (nSPS) is 14.0. The number of carbonyl (C=O) groups is 2. The van der Waals surface area contributed by atoms with Crippen LogP contribution < -0.4 is 26.6 Å². The number of nitrogens with one attached hydrogen (secondary N) is 1. The number of amides is 3. The van der Waals surface area contributed by atoms with Gasteiger partial charge < -0.3 is 10.5 Å². The van der Waals surface area contributed by atoms with E-state index in [0.717, 1.165) is 10.5 Å². The topological polar surface area (TPSA) is 111 Å². The van der Waals surface area contributed by atoms with Crippen molar-refractivity contribution in [3.63, 3.8) is 0 Å². The maximum absolute atomic E-state index is 11.6. The van der Waals surface area contributed by atoms with Crippen LogP contribution in [0.25, 0.3) is 0 Å². The fourth-order valence-electron chi connectivity index (χ4n) is 1.61. The summed E-state index contributed by atoms with van der Waals surface area (Å²) in [6.07, 6.45) is 0. The minimum absolute atomic E-state index is 0.192. The molecule has 1 aromatic rings. The van der Waals surface area contributed by atoms with Gasteiger partial charge in [-0.3, -0.25) is 10.2 Å². The van der Waals surface area contributed by atoms with Gasteiger partial charge in [-0.05, 0) is 17.7 Å². The lowest BCUT2D eigenvalue weighted by Gasteiger charge is -2.27. The van der Waals surface area contributed by atoms with E-state index in [1.165, 1.54) is 0 Å². The third kappa shape index (κ3) is 1.93. The standard InChI is InChI=1S/C10H12N4O3/c11-4-6-1-2-8-7(3-6)14(10(16)13-12)9(15)5-17-8/h1-3H,4-5,11-12H2,(H,13,16). The summed E-state index contributed by atoms with van der Waals surface area (Å²) >= 11 is 0. The first-order valence-electron chi connectivity index (χ1n) is 4.96. The summed E-state index contributed by atoms with van der Waals surface area (Å²) in [7, 11) is 0. The number of urea groups is 1. The van der Waals surface area contributed by atoms with Gasteiger partial charge in [-0.2, -0.15) is 0 Å². The number of nitrogens with zero attached hydrogens (tertiary/aromatic N) is 1. The zero-order valence-electron chi connectivity index (χ0n) is 8.97. The molecule has 0 bridgehead atoms. The van der Waals surface area contributed by atoms with Gasteiger partial charge in [0.2, 0.25) is 0 Å². The number of anilines is 1. The van der Waals surface area contributed by atoms with Crippen LogP contribution >= 0.6 is 0 Å². The first-order chi connectivity index (χ1) is 8.17. The van der Waals surface area contributed by atoms with Crippen LogP contribution in [0.1, 0.15) is 5.56 Å². The molecule has 2 rings (SSSR count). The lowest BCUT2D eigenvalue weighted by atomic mass is 10.1. The molecule has 5 N–H and O–H groups in total. The second kappa shape index (κ2) is 4.40. The third-order valence-electron chi connectivity index (χ3n) is 2.43. The lowest BCUT2D eigenvalue weighted by Crippen LogP contribution is -2.50. The molecule has 7 heteroatoms. The predicted molar refractivity (Wildman–Crippen MR) is 60.0 cm³/mol. The van der Waals surface area contributed by atoms with Crippen molar-refractivity contribution in [2.75, 3.05) is 11.5 Å². The molecule has 3 amide bonds. The predicted octanol–water partition coefficient (Wildman–Crippen LogP) is -0.546. The van der Waals surface area contributed by atoms with Gasteiger partial charge in [-0.15, -0.1) is 0 Å². The van der Waals surface area contributed by atoms with Gasteiger partial charge in [0, 0.05) is 6.54 Å². The van der Waals surface area contributed by atoms with E-state index in [-0.39, 0.29) is 6.61 Å². The van der Waals surface area contributed by atoms with E-state index in [0.29, 0.717) is 18.0 Å². The molecule has 1 aromatic carbocycles. The third-order valence-corrected chi connectivity index (χ3v) is 2.43. The van der Waals surface area contributed by atoms with Crippen molar-refractivity contribution >= 4 is 17.6 Å². The Morgan fingerprint density at radius 2 is 2.29 bits per heavy atom. The van der Waals surface area contributed by atoms with Crippen molar-refractivity contribution in [1.29, 1.82) is 0 Å². The zero-order chi connectivity index (χ0) is 12.4. The number of ether oxygens (including phenoxy) is 1. The number of hydrazine groups is 1. The number of hydrogen-bond acceptors (Lipinski definition) is 5. The van der Waals surface area contributed by atoms with E-state index in [4.69, 9.17) is 16.3 Å². The van der Waals surface area contributed by atoms with E-state index < -0.39 is 11.9 Å². The SMILES string of the molecule is NCc1ccc2c(c1)N(C(=O)NN)C(=O)CO2. The summed E-state index contributed by atoms with van der Waals surface area (Å²) in [5.41, 5.74) is 8.57. The molecule has 0 fully saturated rings. The molecule has 0 spiro atoms. The minimum Gasteiger partial charge on any atom is -0.482 e. The molecule has 7 nitrogen and oxygen atoms in total. The smallest absolute Gasteiger partial charge is 0.343 e. The number of benzene rings is 1. The van der Waals surface area contributed by atoms with Gasteiger partial charge in [0.05, 0.1) is 5.69 Å².